The molecule has 1 aliphatic carbocycles. The van der Waals surface area contributed by atoms with Crippen molar-refractivity contribution in [2.75, 3.05) is 18.9 Å². The van der Waals surface area contributed by atoms with Crippen LogP contribution in [-0.2, 0) is 9.59 Å². The maximum absolute atomic E-state index is 12.8. The van der Waals surface area contributed by atoms with E-state index in [1.54, 1.807) is 7.05 Å². The van der Waals surface area contributed by atoms with Crippen LogP contribution >= 0.6 is 0 Å². The molecule has 1 N–H and O–H groups in total. The first-order valence-electron chi connectivity index (χ1n) is 7.36. The van der Waals surface area contributed by atoms with Crippen molar-refractivity contribution in [1.29, 1.82) is 0 Å². The Balaban J connectivity index is 1.83. The van der Waals surface area contributed by atoms with Crippen LogP contribution in [0.4, 0.5) is 10.1 Å². The van der Waals surface area contributed by atoms with E-state index in [2.05, 4.69) is 5.32 Å². The number of amides is 2. The summed E-state index contributed by atoms with van der Waals surface area (Å²) in [6.45, 7) is 0.0205. The predicted octanol–water partition coefficient (Wildman–Crippen LogP) is 2.80. The molecular formula is C16H21FN2O2. The van der Waals surface area contributed by atoms with E-state index in [1.165, 1.54) is 35.6 Å². The van der Waals surface area contributed by atoms with E-state index in [1.807, 2.05) is 0 Å². The molecule has 1 aromatic carbocycles. The van der Waals surface area contributed by atoms with Gasteiger partial charge in [0.1, 0.15) is 5.82 Å². The average molecular weight is 292 g/mol. The zero-order valence-electron chi connectivity index (χ0n) is 12.3. The van der Waals surface area contributed by atoms with Gasteiger partial charge in [0.25, 0.3) is 0 Å². The van der Waals surface area contributed by atoms with Gasteiger partial charge in [0.05, 0.1) is 6.54 Å². The molecule has 1 aromatic rings. The minimum Gasteiger partial charge on any atom is -0.336 e. The van der Waals surface area contributed by atoms with E-state index in [0.717, 1.165) is 25.7 Å². The van der Waals surface area contributed by atoms with Gasteiger partial charge >= 0.3 is 0 Å². The second-order valence-corrected chi connectivity index (χ2v) is 5.58. The SMILES string of the molecule is CN(CC(=O)Nc1ccc(F)cc1)C(=O)C1CCCCC1. The number of rotatable bonds is 4. The number of halogens is 1. The van der Waals surface area contributed by atoms with Crippen molar-refractivity contribution in [1.82, 2.24) is 4.90 Å². The summed E-state index contributed by atoms with van der Waals surface area (Å²) in [6, 6.07) is 5.56. The number of nitrogens with zero attached hydrogens (tertiary/aromatic N) is 1. The van der Waals surface area contributed by atoms with Gasteiger partial charge in [-0.1, -0.05) is 19.3 Å². The van der Waals surface area contributed by atoms with Crippen molar-refractivity contribution in [3.63, 3.8) is 0 Å². The van der Waals surface area contributed by atoms with Gasteiger partial charge < -0.3 is 10.2 Å². The van der Waals surface area contributed by atoms with E-state index in [4.69, 9.17) is 0 Å². The lowest BCUT2D eigenvalue weighted by Gasteiger charge is -2.26. The number of carbonyl (C=O) groups excluding carboxylic acids is 2. The molecule has 0 aromatic heterocycles. The van der Waals surface area contributed by atoms with Crippen molar-refractivity contribution in [2.45, 2.75) is 32.1 Å². The molecule has 0 aliphatic heterocycles. The van der Waals surface area contributed by atoms with Crippen LogP contribution in [0.2, 0.25) is 0 Å². The molecule has 2 rings (SSSR count). The first-order chi connectivity index (χ1) is 10.1. The van der Waals surface area contributed by atoms with E-state index in [-0.39, 0.29) is 30.1 Å². The Kier molecular flexibility index (Phi) is 5.31. The molecule has 0 heterocycles. The van der Waals surface area contributed by atoms with Gasteiger partial charge in [-0.3, -0.25) is 9.59 Å². The Morgan fingerprint density at radius 1 is 1.19 bits per heavy atom. The highest BCUT2D eigenvalue weighted by Gasteiger charge is 2.24. The Morgan fingerprint density at radius 3 is 2.43 bits per heavy atom. The van der Waals surface area contributed by atoms with Crippen molar-refractivity contribution in [3.05, 3.63) is 30.1 Å². The third-order valence-electron chi connectivity index (χ3n) is 3.84. The summed E-state index contributed by atoms with van der Waals surface area (Å²) in [6.07, 6.45) is 5.21. The minimum atomic E-state index is -0.349. The fourth-order valence-corrected chi connectivity index (χ4v) is 2.69. The van der Waals surface area contributed by atoms with Gasteiger partial charge in [-0.05, 0) is 37.1 Å². The minimum absolute atomic E-state index is 0.0205. The molecule has 0 atom stereocenters. The van der Waals surface area contributed by atoms with E-state index < -0.39 is 0 Å². The van der Waals surface area contributed by atoms with Gasteiger partial charge in [-0.2, -0.15) is 0 Å². The Morgan fingerprint density at radius 2 is 1.81 bits per heavy atom. The van der Waals surface area contributed by atoms with Crippen LogP contribution < -0.4 is 5.32 Å². The average Bonchev–Trinajstić information content (AvgIpc) is 2.49. The highest BCUT2D eigenvalue weighted by Crippen LogP contribution is 2.25. The molecule has 1 saturated carbocycles. The Bertz CT molecular complexity index is 496. The molecule has 114 valence electrons. The van der Waals surface area contributed by atoms with E-state index in [0.29, 0.717) is 5.69 Å². The zero-order valence-corrected chi connectivity index (χ0v) is 12.3. The summed E-state index contributed by atoms with van der Waals surface area (Å²) in [5.74, 6) is -0.516. The zero-order chi connectivity index (χ0) is 15.2. The molecule has 0 unspecified atom stereocenters. The Labute approximate surface area is 124 Å². The second-order valence-electron chi connectivity index (χ2n) is 5.58. The predicted molar refractivity (Wildman–Crippen MR) is 79.2 cm³/mol. The number of nitrogens with one attached hydrogen (secondary N) is 1. The lowest BCUT2D eigenvalue weighted by Crippen LogP contribution is -2.39. The summed E-state index contributed by atoms with van der Waals surface area (Å²) in [7, 11) is 1.65. The van der Waals surface area contributed by atoms with Crippen LogP contribution in [0.3, 0.4) is 0 Å². The highest BCUT2D eigenvalue weighted by atomic mass is 19.1. The van der Waals surface area contributed by atoms with Crippen molar-refractivity contribution in [2.24, 2.45) is 5.92 Å². The third kappa shape index (κ3) is 4.55. The van der Waals surface area contributed by atoms with Gasteiger partial charge in [-0.15, -0.1) is 0 Å². The van der Waals surface area contributed by atoms with Gasteiger partial charge in [0, 0.05) is 18.7 Å². The molecule has 1 fully saturated rings. The smallest absolute Gasteiger partial charge is 0.243 e. The maximum Gasteiger partial charge on any atom is 0.243 e. The fraction of sp³-hybridized carbons (Fsp3) is 0.500. The number of hydrogen-bond donors (Lipinski definition) is 1. The van der Waals surface area contributed by atoms with Crippen LogP contribution in [0.25, 0.3) is 0 Å². The van der Waals surface area contributed by atoms with Gasteiger partial charge in [0.15, 0.2) is 0 Å². The number of carbonyl (C=O) groups is 2. The molecule has 0 saturated heterocycles. The summed E-state index contributed by atoms with van der Waals surface area (Å²) in [4.78, 5) is 25.6. The van der Waals surface area contributed by atoms with Crippen molar-refractivity contribution >= 4 is 17.5 Å². The van der Waals surface area contributed by atoms with Gasteiger partial charge in [0.2, 0.25) is 11.8 Å². The molecule has 4 nitrogen and oxygen atoms in total. The molecule has 5 heteroatoms. The fourth-order valence-electron chi connectivity index (χ4n) is 2.69. The number of anilines is 1. The van der Waals surface area contributed by atoms with Crippen molar-refractivity contribution in [3.8, 4) is 0 Å². The second kappa shape index (κ2) is 7.20. The van der Waals surface area contributed by atoms with E-state index in [9.17, 15) is 14.0 Å². The maximum atomic E-state index is 12.8. The number of benzene rings is 1. The first-order valence-corrected chi connectivity index (χ1v) is 7.36. The summed E-state index contributed by atoms with van der Waals surface area (Å²) < 4.78 is 12.8. The standard InChI is InChI=1S/C16H21FN2O2/c1-19(16(21)12-5-3-2-4-6-12)11-15(20)18-14-9-7-13(17)8-10-14/h7-10,12H,2-6,11H2,1H3,(H,18,20). The van der Waals surface area contributed by atoms with E-state index >= 15 is 0 Å². The molecule has 0 spiro atoms. The highest BCUT2D eigenvalue weighted by molar-refractivity contribution is 5.94. The third-order valence-corrected chi connectivity index (χ3v) is 3.84. The molecule has 0 bridgehead atoms. The lowest BCUT2D eigenvalue weighted by atomic mass is 9.88. The summed E-state index contributed by atoms with van der Waals surface area (Å²) in [5.41, 5.74) is 0.528. The van der Waals surface area contributed by atoms with Crippen LogP contribution in [0.5, 0.6) is 0 Å². The molecule has 2 amide bonds. The van der Waals surface area contributed by atoms with Crippen LogP contribution in [0.1, 0.15) is 32.1 Å². The molecule has 21 heavy (non-hydrogen) atoms. The lowest BCUT2D eigenvalue weighted by molar-refractivity contribution is -0.137. The van der Waals surface area contributed by atoms with Crippen LogP contribution in [0.15, 0.2) is 24.3 Å². The van der Waals surface area contributed by atoms with Crippen LogP contribution in [-0.4, -0.2) is 30.3 Å². The summed E-state index contributed by atoms with van der Waals surface area (Å²) >= 11 is 0. The van der Waals surface area contributed by atoms with Gasteiger partial charge in [-0.25, -0.2) is 4.39 Å². The van der Waals surface area contributed by atoms with Crippen molar-refractivity contribution < 1.29 is 14.0 Å². The molecular weight excluding hydrogens is 271 g/mol. The first kappa shape index (κ1) is 15.5. The normalized spacial score (nSPS) is 15.5. The topological polar surface area (TPSA) is 49.4 Å². The number of likely N-dealkylation sites (N-methyl/N-ethyl adjacent to an activating group) is 1. The van der Waals surface area contributed by atoms with Crippen LogP contribution in [0, 0.1) is 11.7 Å². The molecule has 0 radical (unpaired) electrons. The Hall–Kier alpha value is -1.91. The number of hydrogen-bond acceptors (Lipinski definition) is 2. The molecule has 1 aliphatic rings. The largest absolute Gasteiger partial charge is 0.336 e. The quantitative estimate of drug-likeness (QED) is 0.927. The monoisotopic (exact) mass is 292 g/mol. The summed E-state index contributed by atoms with van der Waals surface area (Å²) in [5, 5.41) is 2.66.